The molecule has 1 aliphatic carbocycles. The van der Waals surface area contributed by atoms with E-state index in [1.807, 2.05) is 34.6 Å². The first kappa shape index (κ1) is 20.5. The Morgan fingerprint density at radius 1 is 1.04 bits per heavy atom. The van der Waals surface area contributed by atoms with E-state index in [0.717, 1.165) is 33.4 Å². The van der Waals surface area contributed by atoms with Gasteiger partial charge in [0, 0.05) is 0 Å². The van der Waals surface area contributed by atoms with Crippen molar-refractivity contribution in [3.8, 4) is 0 Å². The zero-order valence-corrected chi connectivity index (χ0v) is 16.3. The van der Waals surface area contributed by atoms with Crippen LogP contribution in [0.25, 0.3) is 5.57 Å². The lowest BCUT2D eigenvalue weighted by atomic mass is 9.85. The van der Waals surface area contributed by atoms with Gasteiger partial charge in [-0.25, -0.2) is 0 Å². The molecule has 0 aliphatic heterocycles. The minimum absolute atomic E-state index is 0.677. The van der Waals surface area contributed by atoms with Gasteiger partial charge in [0.15, 0.2) is 6.61 Å². The van der Waals surface area contributed by atoms with E-state index in [2.05, 4.69) is 4.74 Å². The fourth-order valence-corrected chi connectivity index (χ4v) is 3.63. The Balaban J connectivity index is 2.47. The summed E-state index contributed by atoms with van der Waals surface area (Å²) in [5.41, 5.74) is 7.17. The quantitative estimate of drug-likeness (QED) is 0.626. The minimum Gasteiger partial charge on any atom is -0.457 e. The predicted octanol–water partition coefficient (Wildman–Crippen LogP) is 3.83. The summed E-state index contributed by atoms with van der Waals surface area (Å²) in [4.78, 5) is 12.5. The molecule has 0 radical (unpaired) electrons. The lowest BCUT2D eigenvalue weighted by Gasteiger charge is -2.21. The number of allylic oxidation sites excluding steroid dienone is 1. The van der Waals surface area contributed by atoms with Crippen LogP contribution in [0.2, 0.25) is 0 Å². The van der Waals surface area contributed by atoms with Crippen LogP contribution in [0.4, 0.5) is 8.78 Å². The molecule has 5 nitrogen and oxygen atoms in total. The summed E-state index contributed by atoms with van der Waals surface area (Å²) in [5, 5.41) is -4.55. The number of rotatable bonds is 4. The Morgan fingerprint density at radius 2 is 1.54 bits per heavy atom. The molecule has 0 aromatic heterocycles. The predicted molar refractivity (Wildman–Crippen MR) is 93.9 cm³/mol. The third-order valence-corrected chi connectivity index (χ3v) is 6.29. The maximum Gasteiger partial charge on any atom is 0.402 e. The normalized spacial score (nSPS) is 17.5. The molecule has 1 aliphatic rings. The molecule has 1 unspecified atom stereocenters. The van der Waals surface area contributed by atoms with Crippen LogP contribution in [-0.4, -0.2) is 30.8 Å². The fraction of sp³-hybridized carbons (Fsp3) is 0.500. The van der Waals surface area contributed by atoms with Crippen molar-refractivity contribution in [2.45, 2.75) is 52.7 Å². The maximum atomic E-state index is 13.4. The topological polar surface area (TPSA) is 80.7 Å². The molecule has 1 N–H and O–H groups in total. The van der Waals surface area contributed by atoms with Crippen molar-refractivity contribution in [2.75, 3.05) is 6.61 Å². The van der Waals surface area contributed by atoms with Crippen molar-refractivity contribution in [2.24, 2.45) is 0 Å². The Bertz CT molecular complexity index is 930. The lowest BCUT2D eigenvalue weighted by molar-refractivity contribution is -0.150. The van der Waals surface area contributed by atoms with Crippen LogP contribution >= 0.6 is 0 Å². The van der Waals surface area contributed by atoms with Crippen molar-refractivity contribution in [3.05, 3.63) is 39.0 Å². The van der Waals surface area contributed by atoms with Gasteiger partial charge in [-0.05, 0) is 80.5 Å². The van der Waals surface area contributed by atoms with Gasteiger partial charge in [0.1, 0.15) is 5.92 Å². The molecular formula is C18H22F2O5S. The van der Waals surface area contributed by atoms with Gasteiger partial charge < -0.3 is 4.74 Å². The van der Waals surface area contributed by atoms with Gasteiger partial charge in [-0.1, -0.05) is 5.57 Å². The average Bonchev–Trinajstić information content (AvgIpc) is 2.79. The molecule has 0 amide bonds. The van der Waals surface area contributed by atoms with E-state index in [9.17, 15) is 22.0 Å². The van der Waals surface area contributed by atoms with E-state index in [0.29, 0.717) is 11.1 Å². The molecule has 144 valence electrons. The van der Waals surface area contributed by atoms with Gasteiger partial charge >= 0.3 is 21.3 Å². The van der Waals surface area contributed by atoms with Crippen LogP contribution in [0.1, 0.15) is 53.1 Å². The van der Waals surface area contributed by atoms with Gasteiger partial charge in [-0.15, -0.1) is 0 Å². The zero-order chi connectivity index (χ0) is 20.2. The first-order valence-electron chi connectivity index (χ1n) is 8.01. The molecule has 0 saturated heterocycles. The fourth-order valence-electron chi connectivity index (χ4n) is 3.42. The largest absolute Gasteiger partial charge is 0.457 e. The second-order valence-electron chi connectivity index (χ2n) is 6.75. The number of fused-ring (bicyclic) bond motifs is 1. The molecule has 0 spiro atoms. The van der Waals surface area contributed by atoms with Crippen molar-refractivity contribution in [1.82, 2.24) is 0 Å². The van der Waals surface area contributed by atoms with Gasteiger partial charge in [0.2, 0.25) is 0 Å². The van der Waals surface area contributed by atoms with Crippen LogP contribution in [0.15, 0.2) is 5.57 Å². The molecule has 26 heavy (non-hydrogen) atoms. The number of halogens is 2. The summed E-state index contributed by atoms with van der Waals surface area (Å²) in [6, 6.07) is 0. The van der Waals surface area contributed by atoms with E-state index >= 15 is 0 Å². The van der Waals surface area contributed by atoms with Crippen LogP contribution < -0.4 is 0 Å². The van der Waals surface area contributed by atoms with Crippen molar-refractivity contribution in [1.29, 1.82) is 0 Å². The summed E-state index contributed by atoms with van der Waals surface area (Å²) in [5.74, 6) is -1.84. The molecule has 0 bridgehead atoms. The Morgan fingerprint density at radius 3 is 2.04 bits per heavy atom. The second kappa shape index (κ2) is 6.42. The summed E-state index contributed by atoms with van der Waals surface area (Å²) in [7, 11) is -5.66. The standard InChI is InChI=1S/C18H22F2O5S/c1-8-9(2)11(4)15-14(10(8)3)12(5)13(6)16(15)17(21)25-7-18(19,20)26(22,23)24/h16H,7H2,1-6H3,(H,22,23,24). The molecule has 1 aromatic carbocycles. The van der Waals surface area contributed by atoms with Crippen molar-refractivity contribution < 1.29 is 31.3 Å². The maximum absolute atomic E-state index is 13.4. The monoisotopic (exact) mass is 388 g/mol. The summed E-state index contributed by atoms with van der Waals surface area (Å²) in [6.45, 7) is 9.57. The highest BCUT2D eigenvalue weighted by Gasteiger charge is 2.47. The second-order valence-corrected chi connectivity index (χ2v) is 8.30. The number of hydrogen-bond acceptors (Lipinski definition) is 4. The number of hydrogen-bond donors (Lipinski definition) is 1. The lowest BCUT2D eigenvalue weighted by Crippen LogP contribution is -2.35. The molecule has 1 aromatic rings. The number of ether oxygens (including phenoxy) is 1. The van der Waals surface area contributed by atoms with E-state index in [-0.39, 0.29) is 0 Å². The van der Waals surface area contributed by atoms with Crippen molar-refractivity contribution in [3.63, 3.8) is 0 Å². The Labute approximate surface area is 151 Å². The third-order valence-electron chi connectivity index (χ3n) is 5.42. The van der Waals surface area contributed by atoms with E-state index in [1.165, 1.54) is 0 Å². The highest BCUT2D eigenvalue weighted by atomic mass is 32.2. The highest BCUT2D eigenvalue weighted by Crippen LogP contribution is 2.47. The first-order valence-corrected chi connectivity index (χ1v) is 9.45. The van der Waals surface area contributed by atoms with E-state index in [4.69, 9.17) is 4.55 Å². The number of esters is 1. The van der Waals surface area contributed by atoms with Gasteiger partial charge in [-0.2, -0.15) is 17.2 Å². The Hall–Kier alpha value is -1.80. The smallest absolute Gasteiger partial charge is 0.402 e. The zero-order valence-electron chi connectivity index (χ0n) is 15.5. The van der Waals surface area contributed by atoms with Crippen LogP contribution in [0.3, 0.4) is 0 Å². The highest BCUT2D eigenvalue weighted by molar-refractivity contribution is 7.86. The van der Waals surface area contributed by atoms with Gasteiger partial charge in [-0.3, -0.25) is 9.35 Å². The molecule has 1 atom stereocenters. The molecule has 8 heteroatoms. The average molecular weight is 388 g/mol. The van der Waals surface area contributed by atoms with Gasteiger partial charge in [0.25, 0.3) is 0 Å². The van der Waals surface area contributed by atoms with E-state index < -0.39 is 33.9 Å². The van der Waals surface area contributed by atoms with Crippen LogP contribution in [-0.2, 0) is 19.6 Å². The number of carbonyl (C=O) groups is 1. The summed E-state index contributed by atoms with van der Waals surface area (Å²) < 4.78 is 61.3. The molecule has 2 rings (SSSR count). The molecule has 0 fully saturated rings. The molecule has 0 heterocycles. The number of benzene rings is 1. The Kier molecular flexibility index (Phi) is 5.07. The summed E-state index contributed by atoms with van der Waals surface area (Å²) >= 11 is 0. The van der Waals surface area contributed by atoms with Crippen LogP contribution in [0.5, 0.6) is 0 Å². The number of alkyl halides is 2. The first-order chi connectivity index (χ1) is 11.7. The molecule has 0 saturated carbocycles. The third kappa shape index (κ3) is 3.05. The minimum atomic E-state index is -5.66. The molecular weight excluding hydrogens is 366 g/mol. The van der Waals surface area contributed by atoms with E-state index in [1.54, 1.807) is 6.92 Å². The SMILES string of the molecule is CC1=C(C)C(C(=O)OCC(F)(F)S(=O)(=O)O)c2c(C)c(C)c(C)c(C)c21. The van der Waals surface area contributed by atoms with Gasteiger partial charge in [0.05, 0.1) is 0 Å². The van der Waals surface area contributed by atoms with Crippen molar-refractivity contribution >= 4 is 21.7 Å². The van der Waals surface area contributed by atoms with Crippen LogP contribution in [0, 0.1) is 27.7 Å². The summed E-state index contributed by atoms with van der Waals surface area (Å²) in [6.07, 6.45) is 0. The number of carbonyl (C=O) groups excluding carboxylic acids is 1.